The van der Waals surface area contributed by atoms with Crippen LogP contribution in [0.3, 0.4) is 0 Å². The van der Waals surface area contributed by atoms with E-state index in [2.05, 4.69) is 20.1 Å². The third kappa shape index (κ3) is 6.78. The van der Waals surface area contributed by atoms with E-state index in [0.29, 0.717) is 34.4 Å². The van der Waals surface area contributed by atoms with Crippen molar-refractivity contribution >= 4 is 23.3 Å². The Balaban J connectivity index is 1.35. The van der Waals surface area contributed by atoms with Crippen LogP contribution in [-0.4, -0.2) is 93.5 Å². The molecule has 2 atom stereocenters. The molecule has 2 aliphatic heterocycles. The van der Waals surface area contributed by atoms with E-state index in [4.69, 9.17) is 5.73 Å². The zero-order valence-corrected chi connectivity index (χ0v) is 23.0. The van der Waals surface area contributed by atoms with Gasteiger partial charge in [0.1, 0.15) is 18.0 Å². The summed E-state index contributed by atoms with van der Waals surface area (Å²) in [6.07, 6.45) is -7.01. The number of anilines is 1. The van der Waals surface area contributed by atoms with E-state index in [1.54, 1.807) is 35.7 Å². The minimum absolute atomic E-state index is 0.192. The number of nitrogens with zero attached hydrogens (tertiary/aromatic N) is 5. The lowest BCUT2D eigenvalue weighted by atomic mass is 10.0. The highest BCUT2D eigenvalue weighted by atomic mass is 19.4. The van der Waals surface area contributed by atoms with Crippen molar-refractivity contribution in [1.82, 2.24) is 29.7 Å². The van der Waals surface area contributed by atoms with Gasteiger partial charge in [0.25, 0.3) is 11.8 Å². The van der Waals surface area contributed by atoms with Gasteiger partial charge in [0, 0.05) is 50.1 Å². The quantitative estimate of drug-likeness (QED) is 0.404. The predicted octanol–water partition coefficient (Wildman–Crippen LogP) is 3.97. The summed E-state index contributed by atoms with van der Waals surface area (Å²) < 4.78 is 84.9. The van der Waals surface area contributed by atoms with E-state index in [9.17, 15) is 35.9 Å². The molecule has 0 radical (unpaired) electrons. The number of likely N-dealkylation sites (tertiary alicyclic amines) is 2. The average molecular weight is 614 g/mol. The van der Waals surface area contributed by atoms with Crippen LogP contribution in [0.5, 0.6) is 0 Å². The molecule has 232 valence electrons. The lowest BCUT2D eigenvalue weighted by Crippen LogP contribution is -2.42. The highest BCUT2D eigenvalue weighted by Crippen LogP contribution is 2.33. The van der Waals surface area contributed by atoms with Gasteiger partial charge in [-0.3, -0.25) is 9.69 Å². The number of ether oxygens (including phenoxy) is 1. The summed E-state index contributed by atoms with van der Waals surface area (Å²) in [6, 6.07) is 5.65. The minimum atomic E-state index is -4.73. The highest BCUT2D eigenvalue weighted by Gasteiger charge is 2.39. The first-order valence-corrected chi connectivity index (χ1v) is 13.5. The molecule has 16 heteroatoms. The maximum atomic E-state index is 14.7. The van der Waals surface area contributed by atoms with Gasteiger partial charge in [-0.2, -0.15) is 18.3 Å². The van der Waals surface area contributed by atoms with Crippen LogP contribution in [0.2, 0.25) is 0 Å². The van der Waals surface area contributed by atoms with E-state index in [-0.39, 0.29) is 43.9 Å². The number of fused-ring (bicyclic) bond motifs is 1. The molecule has 5 rings (SSSR count). The Morgan fingerprint density at radius 1 is 1.16 bits per heavy atom. The van der Waals surface area contributed by atoms with Crippen molar-refractivity contribution in [3.63, 3.8) is 0 Å². The molecule has 10 nitrogen and oxygen atoms in total. The number of benzene rings is 1. The topological polar surface area (TPSA) is 118 Å². The number of carbonyl (C=O) groups excluding carboxylic acids is 2. The Kier molecular flexibility index (Phi) is 8.15. The van der Waals surface area contributed by atoms with Crippen LogP contribution >= 0.6 is 0 Å². The fourth-order valence-corrected chi connectivity index (χ4v) is 5.31. The maximum absolute atomic E-state index is 14.7. The maximum Gasteiger partial charge on any atom is 0.422 e. The van der Waals surface area contributed by atoms with Gasteiger partial charge < -0.3 is 20.7 Å². The number of piperidine rings is 1. The van der Waals surface area contributed by atoms with Crippen LogP contribution in [0.4, 0.5) is 37.0 Å². The van der Waals surface area contributed by atoms with Crippen molar-refractivity contribution in [2.24, 2.45) is 0 Å². The molecule has 3 aromatic rings. The van der Waals surface area contributed by atoms with Crippen LogP contribution in [0.15, 0.2) is 30.6 Å². The zero-order valence-electron chi connectivity index (χ0n) is 23.0. The Bertz CT molecular complexity index is 1520. The predicted molar refractivity (Wildman–Crippen MR) is 142 cm³/mol. The summed E-state index contributed by atoms with van der Waals surface area (Å²) in [6.45, 7) is -0.286. The molecule has 2 aromatic heterocycles. The Hall–Kier alpha value is -4.08. The number of nitrogens with one attached hydrogen (secondary N) is 1. The van der Waals surface area contributed by atoms with Crippen molar-refractivity contribution in [3.05, 3.63) is 47.3 Å². The molecule has 2 fully saturated rings. The second-order valence-corrected chi connectivity index (χ2v) is 10.8. The lowest BCUT2D eigenvalue weighted by molar-refractivity contribution is -0.162. The van der Waals surface area contributed by atoms with Gasteiger partial charge in [0.2, 0.25) is 0 Å². The Morgan fingerprint density at radius 2 is 1.88 bits per heavy atom. The summed E-state index contributed by atoms with van der Waals surface area (Å²) in [5.41, 5.74) is 9.25. The molecule has 0 unspecified atom stereocenters. The SMILES string of the molecule is Cc1ccc(-c2cc(CN3CCC(F)(F)CC3)c3c(N)ncnn23)cc1C(=O)N[C@@H]1CN(C(=O)OCC(F)(F)F)C[C@@H]1F. The second kappa shape index (κ2) is 11.5. The molecule has 0 saturated carbocycles. The first-order valence-electron chi connectivity index (χ1n) is 13.5. The van der Waals surface area contributed by atoms with Crippen molar-refractivity contribution in [2.45, 2.75) is 50.6 Å². The molecule has 2 amide bonds. The zero-order chi connectivity index (χ0) is 31.1. The van der Waals surface area contributed by atoms with Gasteiger partial charge >= 0.3 is 12.3 Å². The van der Waals surface area contributed by atoms with E-state index in [1.165, 1.54) is 6.33 Å². The number of alkyl halides is 6. The summed E-state index contributed by atoms with van der Waals surface area (Å²) in [7, 11) is 0. The van der Waals surface area contributed by atoms with E-state index < -0.39 is 49.5 Å². The molecule has 3 N–H and O–H groups in total. The smallest absolute Gasteiger partial charge is 0.422 e. The molecular weight excluding hydrogens is 584 g/mol. The third-order valence-electron chi connectivity index (χ3n) is 7.60. The van der Waals surface area contributed by atoms with Crippen molar-refractivity contribution in [3.8, 4) is 11.3 Å². The fraction of sp³-hybridized carbons (Fsp3) is 0.481. The molecule has 2 saturated heterocycles. The van der Waals surface area contributed by atoms with Gasteiger partial charge in [-0.1, -0.05) is 12.1 Å². The van der Waals surface area contributed by atoms with Crippen LogP contribution in [0.25, 0.3) is 16.8 Å². The summed E-state index contributed by atoms with van der Waals surface area (Å²) >= 11 is 0. The number of amides is 2. The van der Waals surface area contributed by atoms with Crippen molar-refractivity contribution in [1.29, 1.82) is 0 Å². The van der Waals surface area contributed by atoms with Crippen LogP contribution in [0.1, 0.15) is 34.3 Å². The van der Waals surface area contributed by atoms with Crippen LogP contribution in [0, 0.1) is 6.92 Å². The van der Waals surface area contributed by atoms with Gasteiger partial charge in [0.15, 0.2) is 12.4 Å². The van der Waals surface area contributed by atoms with Gasteiger partial charge in [-0.15, -0.1) is 0 Å². The number of nitrogens with two attached hydrogens (primary N) is 1. The highest BCUT2D eigenvalue weighted by molar-refractivity contribution is 5.97. The number of hydrogen-bond acceptors (Lipinski definition) is 7. The van der Waals surface area contributed by atoms with E-state index in [1.807, 2.05) is 4.90 Å². The molecule has 0 bridgehead atoms. The first kappa shape index (κ1) is 30.4. The molecule has 43 heavy (non-hydrogen) atoms. The van der Waals surface area contributed by atoms with Gasteiger partial charge in [0.05, 0.1) is 18.3 Å². The largest absolute Gasteiger partial charge is 0.440 e. The summed E-state index contributed by atoms with van der Waals surface area (Å²) in [4.78, 5) is 31.9. The molecule has 4 heterocycles. The van der Waals surface area contributed by atoms with E-state index >= 15 is 0 Å². The summed E-state index contributed by atoms with van der Waals surface area (Å²) in [5, 5.41) is 6.85. The normalized spacial score (nSPS) is 20.9. The lowest BCUT2D eigenvalue weighted by Gasteiger charge is -2.31. The number of halogens is 6. The molecule has 0 spiro atoms. The Morgan fingerprint density at radius 3 is 2.58 bits per heavy atom. The number of aryl methyl sites for hydroxylation is 1. The Labute approximate surface area is 241 Å². The number of aromatic nitrogens is 3. The fourth-order valence-electron chi connectivity index (χ4n) is 5.31. The first-order chi connectivity index (χ1) is 20.2. The number of nitrogen functional groups attached to an aromatic ring is 1. The number of carbonyl (C=O) groups is 2. The van der Waals surface area contributed by atoms with Crippen molar-refractivity contribution < 1.29 is 40.7 Å². The van der Waals surface area contributed by atoms with Crippen molar-refractivity contribution in [2.75, 3.05) is 38.5 Å². The molecule has 2 aliphatic rings. The average Bonchev–Trinajstić information content (AvgIpc) is 3.49. The van der Waals surface area contributed by atoms with Gasteiger partial charge in [-0.05, 0) is 30.2 Å². The molecule has 0 aliphatic carbocycles. The molecule has 1 aromatic carbocycles. The standard InChI is InChI=1S/C27H29F6N7O3/c1-15-2-3-16(8-18(15)24(41)37-20-12-39(11-19(20)28)25(42)43-13-27(31,32)33)21-9-17(22-23(34)35-14-36-40(21)22)10-38-6-4-26(29,30)5-7-38/h2-3,8-9,14,19-20H,4-7,10-13H2,1H3,(H,37,41)(H2,34,35,36)/t19-,20+/m0/s1. The van der Waals surface area contributed by atoms with Gasteiger partial charge in [-0.25, -0.2) is 27.5 Å². The minimum Gasteiger partial charge on any atom is -0.440 e. The van der Waals surface area contributed by atoms with Crippen LogP contribution < -0.4 is 11.1 Å². The monoisotopic (exact) mass is 613 g/mol. The second-order valence-electron chi connectivity index (χ2n) is 10.8. The number of hydrogen-bond donors (Lipinski definition) is 2. The van der Waals surface area contributed by atoms with E-state index in [0.717, 1.165) is 4.90 Å². The third-order valence-corrected chi connectivity index (χ3v) is 7.60. The number of rotatable bonds is 6. The van der Waals surface area contributed by atoms with Crippen LogP contribution in [-0.2, 0) is 11.3 Å². The molecular formula is C27H29F6N7O3. The summed E-state index contributed by atoms with van der Waals surface area (Å²) in [5.74, 6) is -3.15.